The maximum Gasteiger partial charge on any atom is 0.0664 e. The van der Waals surface area contributed by atoms with Crippen molar-refractivity contribution < 1.29 is 0 Å². The molecule has 150 valence electrons. The van der Waals surface area contributed by atoms with Crippen LogP contribution in [-0.2, 0) is 19.3 Å². The molecule has 0 amide bonds. The van der Waals surface area contributed by atoms with E-state index in [0.717, 1.165) is 54.8 Å². The van der Waals surface area contributed by atoms with Crippen LogP contribution in [-0.4, -0.2) is 5.71 Å². The highest BCUT2D eigenvalue weighted by Gasteiger charge is 2.11. The molecule has 0 fully saturated rings. The Bertz CT molecular complexity index is 989. The SMILES string of the molecule is C=C(C)C1=CCCC=C1N=C(C)c1ccc(CCc2ccccc2N)c(CC)c1. The van der Waals surface area contributed by atoms with Crippen LogP contribution in [0.5, 0.6) is 0 Å². The molecule has 0 spiro atoms. The predicted molar refractivity (Wildman–Crippen MR) is 127 cm³/mol. The first-order valence-corrected chi connectivity index (χ1v) is 10.6. The molecule has 2 heteroatoms. The summed E-state index contributed by atoms with van der Waals surface area (Å²) in [6.45, 7) is 10.5. The number of hydrogen-bond acceptors (Lipinski definition) is 2. The predicted octanol–water partition coefficient (Wildman–Crippen LogP) is 6.61. The number of aryl methyl sites for hydroxylation is 3. The van der Waals surface area contributed by atoms with Gasteiger partial charge < -0.3 is 5.73 Å². The number of rotatable bonds is 7. The quantitative estimate of drug-likeness (QED) is 0.423. The normalized spacial score (nSPS) is 14.4. The van der Waals surface area contributed by atoms with Gasteiger partial charge in [0.1, 0.15) is 0 Å². The highest BCUT2D eigenvalue weighted by molar-refractivity contribution is 5.99. The van der Waals surface area contributed by atoms with E-state index in [1.54, 1.807) is 0 Å². The lowest BCUT2D eigenvalue weighted by molar-refractivity contribution is 0.932. The fourth-order valence-electron chi connectivity index (χ4n) is 3.86. The molecule has 0 saturated carbocycles. The number of hydrogen-bond donors (Lipinski definition) is 1. The number of allylic oxidation sites excluding steroid dienone is 3. The number of nitrogen functional groups attached to an aromatic ring is 1. The van der Waals surface area contributed by atoms with Crippen LogP contribution in [0.2, 0.25) is 0 Å². The summed E-state index contributed by atoms with van der Waals surface area (Å²) in [5.41, 5.74) is 16.6. The van der Waals surface area contributed by atoms with Gasteiger partial charge in [-0.05, 0) is 91.5 Å². The van der Waals surface area contributed by atoms with Crippen molar-refractivity contribution in [1.82, 2.24) is 0 Å². The van der Waals surface area contributed by atoms with E-state index in [9.17, 15) is 0 Å². The molecule has 0 bridgehead atoms. The third kappa shape index (κ3) is 5.14. The van der Waals surface area contributed by atoms with Gasteiger partial charge in [0.15, 0.2) is 0 Å². The van der Waals surface area contributed by atoms with Gasteiger partial charge in [0, 0.05) is 11.4 Å². The first-order valence-electron chi connectivity index (χ1n) is 10.6. The summed E-state index contributed by atoms with van der Waals surface area (Å²) in [6.07, 6.45) is 9.58. The number of aliphatic imine (C=N–C) groups is 1. The fraction of sp³-hybridized carbons (Fsp3) is 0.296. The second kappa shape index (κ2) is 9.56. The number of anilines is 1. The largest absolute Gasteiger partial charge is 0.399 e. The summed E-state index contributed by atoms with van der Waals surface area (Å²) in [4.78, 5) is 4.95. The van der Waals surface area contributed by atoms with Crippen LogP contribution in [0.15, 0.2) is 83.0 Å². The van der Waals surface area contributed by atoms with Crippen molar-refractivity contribution in [2.75, 3.05) is 5.73 Å². The lowest BCUT2D eigenvalue weighted by atomic mass is 9.94. The number of para-hydroxylation sites is 1. The third-order valence-corrected chi connectivity index (χ3v) is 5.60. The van der Waals surface area contributed by atoms with E-state index in [1.807, 2.05) is 12.1 Å². The topological polar surface area (TPSA) is 38.4 Å². The van der Waals surface area contributed by atoms with Crippen LogP contribution in [0.1, 0.15) is 55.9 Å². The molecule has 0 heterocycles. The Balaban J connectivity index is 1.81. The molecule has 0 aliphatic heterocycles. The van der Waals surface area contributed by atoms with Crippen LogP contribution >= 0.6 is 0 Å². The molecule has 0 saturated heterocycles. The molecule has 2 aromatic carbocycles. The van der Waals surface area contributed by atoms with Crippen LogP contribution in [0, 0.1) is 0 Å². The standard InChI is InChI=1S/C27H32N2/c1-5-21-18-24(20(4)29-27-13-9-7-11-25(27)19(2)3)17-15-22(21)14-16-23-10-6-8-12-26(23)28/h6,8,10-13,15,17-18H,2,5,7,9,14,16,28H2,1,3-4H3. The number of nitrogens with zero attached hydrogens (tertiary/aromatic N) is 1. The Hall–Kier alpha value is -2.87. The molecule has 0 radical (unpaired) electrons. The number of benzene rings is 2. The van der Waals surface area contributed by atoms with E-state index < -0.39 is 0 Å². The van der Waals surface area contributed by atoms with E-state index in [-0.39, 0.29) is 0 Å². The Labute approximate surface area is 175 Å². The lowest BCUT2D eigenvalue weighted by Gasteiger charge is -2.15. The zero-order chi connectivity index (χ0) is 20.8. The number of nitrogens with two attached hydrogens (primary N) is 1. The summed E-state index contributed by atoms with van der Waals surface area (Å²) in [7, 11) is 0. The average Bonchev–Trinajstić information content (AvgIpc) is 2.73. The molecule has 2 aromatic rings. The fourth-order valence-corrected chi connectivity index (χ4v) is 3.86. The molecule has 29 heavy (non-hydrogen) atoms. The minimum atomic E-state index is 0.882. The second-order valence-electron chi connectivity index (χ2n) is 7.80. The van der Waals surface area contributed by atoms with Gasteiger partial charge in [-0.15, -0.1) is 0 Å². The van der Waals surface area contributed by atoms with E-state index >= 15 is 0 Å². The minimum absolute atomic E-state index is 0.882. The van der Waals surface area contributed by atoms with E-state index in [0.29, 0.717) is 0 Å². The summed E-state index contributed by atoms with van der Waals surface area (Å²) in [5.74, 6) is 0. The van der Waals surface area contributed by atoms with E-state index in [1.165, 1.54) is 27.8 Å². The monoisotopic (exact) mass is 384 g/mol. The average molecular weight is 385 g/mol. The highest BCUT2D eigenvalue weighted by Crippen LogP contribution is 2.26. The lowest BCUT2D eigenvalue weighted by Crippen LogP contribution is -2.04. The van der Waals surface area contributed by atoms with Gasteiger partial charge in [-0.25, -0.2) is 0 Å². The summed E-state index contributed by atoms with van der Waals surface area (Å²) in [6, 6.07) is 14.9. The van der Waals surface area contributed by atoms with Crippen molar-refractivity contribution in [3.63, 3.8) is 0 Å². The molecule has 1 aliphatic carbocycles. The van der Waals surface area contributed by atoms with Crippen molar-refractivity contribution in [1.29, 1.82) is 0 Å². The van der Waals surface area contributed by atoms with Gasteiger partial charge >= 0.3 is 0 Å². The summed E-state index contributed by atoms with van der Waals surface area (Å²) >= 11 is 0. The zero-order valence-electron chi connectivity index (χ0n) is 18.0. The Morgan fingerprint density at radius 1 is 0.966 bits per heavy atom. The highest BCUT2D eigenvalue weighted by atomic mass is 14.8. The Kier molecular flexibility index (Phi) is 6.87. The van der Waals surface area contributed by atoms with Crippen molar-refractivity contribution in [2.24, 2.45) is 4.99 Å². The van der Waals surface area contributed by atoms with Crippen molar-refractivity contribution in [3.8, 4) is 0 Å². The van der Waals surface area contributed by atoms with E-state index in [2.05, 4.69) is 69.8 Å². The second-order valence-corrected chi connectivity index (χ2v) is 7.80. The van der Waals surface area contributed by atoms with Gasteiger partial charge in [-0.2, -0.15) is 0 Å². The maximum absolute atomic E-state index is 6.11. The molecular weight excluding hydrogens is 352 g/mol. The molecule has 3 rings (SSSR count). The van der Waals surface area contributed by atoms with Crippen molar-refractivity contribution >= 4 is 11.4 Å². The van der Waals surface area contributed by atoms with Gasteiger partial charge in [-0.3, -0.25) is 4.99 Å². The van der Waals surface area contributed by atoms with Gasteiger partial charge in [0.25, 0.3) is 0 Å². The molecular formula is C27H32N2. The molecule has 1 aliphatic rings. The van der Waals surface area contributed by atoms with Gasteiger partial charge in [0.2, 0.25) is 0 Å². The molecule has 2 nitrogen and oxygen atoms in total. The summed E-state index contributed by atoms with van der Waals surface area (Å²) < 4.78 is 0. The van der Waals surface area contributed by atoms with Gasteiger partial charge in [-0.1, -0.05) is 56.0 Å². The van der Waals surface area contributed by atoms with Gasteiger partial charge in [0.05, 0.1) is 5.70 Å². The smallest absolute Gasteiger partial charge is 0.0664 e. The maximum atomic E-state index is 6.11. The molecule has 0 aromatic heterocycles. The zero-order valence-corrected chi connectivity index (χ0v) is 18.0. The van der Waals surface area contributed by atoms with E-state index in [4.69, 9.17) is 10.7 Å². The van der Waals surface area contributed by atoms with Crippen LogP contribution in [0.25, 0.3) is 0 Å². The summed E-state index contributed by atoms with van der Waals surface area (Å²) in [5, 5.41) is 0. The minimum Gasteiger partial charge on any atom is -0.399 e. The third-order valence-electron chi connectivity index (χ3n) is 5.60. The molecule has 0 unspecified atom stereocenters. The molecule has 2 N–H and O–H groups in total. The van der Waals surface area contributed by atoms with Crippen LogP contribution < -0.4 is 5.73 Å². The first kappa shape index (κ1) is 20.9. The first-order chi connectivity index (χ1) is 14.0. The van der Waals surface area contributed by atoms with Crippen LogP contribution in [0.3, 0.4) is 0 Å². The van der Waals surface area contributed by atoms with Crippen molar-refractivity contribution in [2.45, 2.75) is 52.9 Å². The Morgan fingerprint density at radius 3 is 2.41 bits per heavy atom. The molecule has 0 atom stereocenters. The van der Waals surface area contributed by atoms with Crippen LogP contribution in [0.4, 0.5) is 5.69 Å². The van der Waals surface area contributed by atoms with Crippen molar-refractivity contribution in [3.05, 3.63) is 100 Å². The Morgan fingerprint density at radius 2 is 1.69 bits per heavy atom.